The first-order valence-corrected chi connectivity index (χ1v) is 12.2. The van der Waals surface area contributed by atoms with E-state index in [0.29, 0.717) is 0 Å². The van der Waals surface area contributed by atoms with Crippen LogP contribution in [0.25, 0.3) is 0 Å². The quantitative estimate of drug-likeness (QED) is 0.498. The minimum Gasteiger partial charge on any atom is -0.390 e. The summed E-state index contributed by atoms with van der Waals surface area (Å²) in [6, 6.07) is 29.5. The predicted molar refractivity (Wildman–Crippen MR) is 134 cm³/mol. The van der Waals surface area contributed by atoms with Crippen LogP contribution in [-0.4, -0.2) is 53.5 Å². The molecule has 7 nitrogen and oxygen atoms in total. The van der Waals surface area contributed by atoms with Crippen LogP contribution in [0, 0.1) is 5.92 Å². The van der Waals surface area contributed by atoms with Crippen LogP contribution in [0.15, 0.2) is 91.0 Å². The van der Waals surface area contributed by atoms with Gasteiger partial charge in [-0.1, -0.05) is 97.9 Å². The Morgan fingerprint density at radius 3 is 1.92 bits per heavy atom. The van der Waals surface area contributed by atoms with Crippen molar-refractivity contribution < 1.29 is 24.2 Å². The van der Waals surface area contributed by atoms with Crippen molar-refractivity contribution in [2.75, 3.05) is 13.2 Å². The zero-order chi connectivity index (χ0) is 25.1. The van der Waals surface area contributed by atoms with Crippen LogP contribution in [0.2, 0.25) is 0 Å². The number of hydrogen-bond acceptors (Lipinski definition) is 5. The molecule has 2 aliphatic heterocycles. The second-order valence-electron chi connectivity index (χ2n) is 9.37. The van der Waals surface area contributed by atoms with E-state index >= 15 is 0 Å². The smallest absolute Gasteiger partial charge is 0.326 e. The van der Waals surface area contributed by atoms with Gasteiger partial charge in [0.1, 0.15) is 17.9 Å². The lowest BCUT2D eigenvalue weighted by atomic mass is 9.80. The summed E-state index contributed by atoms with van der Waals surface area (Å²) < 4.78 is 12.9. The second-order valence-corrected chi connectivity index (χ2v) is 9.37. The van der Waals surface area contributed by atoms with Gasteiger partial charge in [-0.2, -0.15) is 0 Å². The lowest BCUT2D eigenvalue weighted by molar-refractivity contribution is -0.130. The number of amides is 3. The minimum atomic E-state index is -0.936. The summed E-state index contributed by atoms with van der Waals surface area (Å²) in [6.07, 6.45) is -1.86. The topological polar surface area (TPSA) is 88.1 Å². The van der Waals surface area contributed by atoms with Gasteiger partial charge in [-0.15, -0.1) is 0 Å². The van der Waals surface area contributed by atoms with Crippen LogP contribution >= 0.6 is 0 Å². The maximum Gasteiger partial charge on any atom is 0.326 e. The Kier molecular flexibility index (Phi) is 6.87. The molecule has 2 fully saturated rings. The molecule has 3 amide bonds. The molecule has 7 heteroatoms. The van der Waals surface area contributed by atoms with Gasteiger partial charge in [-0.3, -0.25) is 15.0 Å². The molecule has 2 N–H and O–H groups in total. The summed E-state index contributed by atoms with van der Waals surface area (Å²) in [5, 5.41) is 13.2. The van der Waals surface area contributed by atoms with E-state index in [0.717, 1.165) is 16.7 Å². The van der Waals surface area contributed by atoms with Crippen LogP contribution < -0.4 is 5.32 Å². The number of nitrogens with zero attached hydrogens (tertiary/aromatic N) is 1. The summed E-state index contributed by atoms with van der Waals surface area (Å²) in [6.45, 7) is 2.10. The number of aliphatic hydroxyl groups is 1. The maximum absolute atomic E-state index is 12.4. The second kappa shape index (κ2) is 10.2. The molecular weight excluding hydrogens is 456 g/mol. The molecule has 5 rings (SSSR count). The van der Waals surface area contributed by atoms with E-state index in [-0.39, 0.29) is 31.4 Å². The lowest BCUT2D eigenvalue weighted by Crippen LogP contribution is -2.57. The third-order valence-corrected chi connectivity index (χ3v) is 6.97. The number of carbonyl (C=O) groups excluding carboxylic acids is 2. The highest BCUT2D eigenvalue weighted by Crippen LogP contribution is 2.41. The van der Waals surface area contributed by atoms with Gasteiger partial charge >= 0.3 is 6.03 Å². The molecule has 0 saturated carbocycles. The van der Waals surface area contributed by atoms with Gasteiger partial charge in [0.15, 0.2) is 0 Å². The molecule has 0 bridgehead atoms. The van der Waals surface area contributed by atoms with Crippen molar-refractivity contribution in [3.63, 3.8) is 0 Å². The molecule has 2 heterocycles. The van der Waals surface area contributed by atoms with Gasteiger partial charge in [0.2, 0.25) is 5.91 Å². The fraction of sp³-hybridized carbons (Fsp3) is 0.310. The van der Waals surface area contributed by atoms with Crippen molar-refractivity contribution in [3.8, 4) is 0 Å². The van der Waals surface area contributed by atoms with Crippen molar-refractivity contribution in [1.29, 1.82) is 0 Å². The Morgan fingerprint density at radius 2 is 1.42 bits per heavy atom. The van der Waals surface area contributed by atoms with E-state index < -0.39 is 30.1 Å². The molecule has 0 spiro atoms. The Labute approximate surface area is 210 Å². The first-order valence-electron chi connectivity index (χ1n) is 12.2. The predicted octanol–water partition coefficient (Wildman–Crippen LogP) is 3.66. The van der Waals surface area contributed by atoms with Crippen LogP contribution in [-0.2, 0) is 19.9 Å². The summed E-state index contributed by atoms with van der Waals surface area (Å²) in [5.74, 6) is -0.645. The van der Waals surface area contributed by atoms with E-state index in [9.17, 15) is 14.7 Å². The molecule has 3 aromatic rings. The number of urea groups is 1. The van der Waals surface area contributed by atoms with E-state index in [4.69, 9.17) is 9.47 Å². The highest BCUT2D eigenvalue weighted by atomic mass is 16.6. The molecule has 1 unspecified atom stereocenters. The molecule has 3 aromatic carbocycles. The summed E-state index contributed by atoms with van der Waals surface area (Å²) in [5.41, 5.74) is 1.92. The summed E-state index contributed by atoms with van der Waals surface area (Å²) >= 11 is 0. The lowest BCUT2D eigenvalue weighted by Gasteiger charge is -2.37. The third kappa shape index (κ3) is 4.53. The fourth-order valence-corrected chi connectivity index (χ4v) is 5.04. The zero-order valence-corrected chi connectivity index (χ0v) is 20.1. The highest BCUT2D eigenvalue weighted by Gasteiger charge is 2.44. The molecule has 0 aromatic heterocycles. The number of nitrogens with one attached hydrogen (secondary N) is 1. The first kappa shape index (κ1) is 24.2. The first-order chi connectivity index (χ1) is 17.5. The van der Waals surface area contributed by atoms with Crippen molar-refractivity contribution in [2.45, 2.75) is 37.4 Å². The Bertz CT molecular complexity index is 1090. The van der Waals surface area contributed by atoms with Crippen molar-refractivity contribution >= 4 is 11.9 Å². The van der Waals surface area contributed by atoms with Gasteiger partial charge in [0.25, 0.3) is 0 Å². The molecule has 2 aliphatic rings. The Hall–Kier alpha value is -3.52. The maximum atomic E-state index is 12.4. The van der Waals surface area contributed by atoms with Gasteiger partial charge in [0.05, 0.1) is 18.6 Å². The van der Waals surface area contributed by atoms with E-state index in [2.05, 4.69) is 5.32 Å². The normalized spacial score (nSPS) is 24.6. The van der Waals surface area contributed by atoms with Gasteiger partial charge in [0, 0.05) is 13.0 Å². The van der Waals surface area contributed by atoms with E-state index in [1.54, 1.807) is 6.92 Å². The van der Waals surface area contributed by atoms with Crippen molar-refractivity contribution in [3.05, 3.63) is 108 Å². The molecule has 4 atom stereocenters. The van der Waals surface area contributed by atoms with E-state index in [1.165, 1.54) is 4.90 Å². The SMILES string of the molecule is CC1CN([C@H]2C[C@@H](O)[C@@H](COC(c3ccccc3)(c3ccccc3)c3ccccc3)O2)C(=O)NC1=O. The standard InChI is InChI=1S/C29H30N2O5/c1-20-18-31(28(34)30-27(20)33)26-17-24(32)25(36-26)19-35-29(21-11-5-2-6-12-21,22-13-7-3-8-14-22)23-15-9-4-10-16-23/h2-16,20,24-26,32H,17-19H2,1H3,(H,30,33,34)/t20?,24-,25-,26-/m1/s1. The molecule has 0 aliphatic carbocycles. The van der Waals surface area contributed by atoms with Crippen LogP contribution in [0.3, 0.4) is 0 Å². The number of hydrogen-bond donors (Lipinski definition) is 2. The van der Waals surface area contributed by atoms with Gasteiger partial charge in [-0.05, 0) is 16.7 Å². The third-order valence-electron chi connectivity index (χ3n) is 6.97. The number of rotatable bonds is 7. The van der Waals surface area contributed by atoms with E-state index in [1.807, 2.05) is 91.0 Å². The van der Waals surface area contributed by atoms with Crippen molar-refractivity contribution in [2.24, 2.45) is 5.92 Å². The summed E-state index contributed by atoms with van der Waals surface area (Å²) in [7, 11) is 0. The van der Waals surface area contributed by atoms with Crippen LogP contribution in [0.4, 0.5) is 4.79 Å². The monoisotopic (exact) mass is 486 g/mol. The molecular formula is C29H30N2O5. The molecule has 2 saturated heterocycles. The van der Waals surface area contributed by atoms with Crippen molar-refractivity contribution in [1.82, 2.24) is 10.2 Å². The average Bonchev–Trinajstić information content (AvgIpc) is 3.28. The largest absolute Gasteiger partial charge is 0.390 e. The highest BCUT2D eigenvalue weighted by molar-refractivity contribution is 5.97. The summed E-state index contributed by atoms with van der Waals surface area (Å²) in [4.78, 5) is 25.7. The number of benzene rings is 3. The number of aliphatic hydroxyl groups excluding tert-OH is 1. The average molecular weight is 487 g/mol. The van der Waals surface area contributed by atoms with Crippen LogP contribution in [0.5, 0.6) is 0 Å². The Balaban J connectivity index is 1.44. The molecule has 0 radical (unpaired) electrons. The zero-order valence-electron chi connectivity index (χ0n) is 20.1. The fourth-order valence-electron chi connectivity index (χ4n) is 5.04. The number of ether oxygens (including phenoxy) is 2. The minimum absolute atomic E-state index is 0.0975. The van der Waals surface area contributed by atoms with Gasteiger partial charge < -0.3 is 14.6 Å². The molecule has 36 heavy (non-hydrogen) atoms. The molecule has 186 valence electrons. The Morgan fingerprint density at radius 1 is 0.917 bits per heavy atom. The van der Waals surface area contributed by atoms with Gasteiger partial charge in [-0.25, -0.2) is 4.79 Å². The number of carbonyl (C=O) groups is 2. The van der Waals surface area contributed by atoms with Crippen LogP contribution in [0.1, 0.15) is 30.0 Å². The number of imide groups is 1.